The number of aryl methyl sites for hydroxylation is 1. The minimum absolute atomic E-state index is 0.305. The predicted octanol–water partition coefficient (Wildman–Crippen LogP) is 3.90. The van der Waals surface area contributed by atoms with E-state index >= 15 is 0 Å². The summed E-state index contributed by atoms with van der Waals surface area (Å²) in [7, 11) is 0. The van der Waals surface area contributed by atoms with Crippen LogP contribution >= 0.6 is 0 Å². The van der Waals surface area contributed by atoms with Gasteiger partial charge in [0, 0.05) is 6.42 Å². The standard InChI is InChI=1S/C16H22O3/c1-3-5-9-13-10-7-8-11-14(13)16(18)19-15(17)12-6-4-2/h7-8,10-11H,3-6,9,12H2,1-2H3. The molecule has 1 aromatic carbocycles. The van der Waals surface area contributed by atoms with E-state index in [1.165, 1.54) is 0 Å². The smallest absolute Gasteiger partial charge is 0.346 e. The fraction of sp³-hybridized carbons (Fsp3) is 0.500. The molecule has 3 heteroatoms. The first-order valence-corrected chi connectivity index (χ1v) is 7.02. The molecule has 0 aliphatic carbocycles. The van der Waals surface area contributed by atoms with E-state index in [1.54, 1.807) is 12.1 Å². The molecule has 0 saturated carbocycles. The van der Waals surface area contributed by atoms with Crippen LogP contribution in [0.2, 0.25) is 0 Å². The van der Waals surface area contributed by atoms with Gasteiger partial charge < -0.3 is 4.74 Å². The lowest BCUT2D eigenvalue weighted by Gasteiger charge is -2.08. The minimum atomic E-state index is -0.521. The first kappa shape index (κ1) is 15.4. The van der Waals surface area contributed by atoms with Crippen LogP contribution in [-0.4, -0.2) is 11.9 Å². The second-order valence-corrected chi connectivity index (χ2v) is 4.63. The van der Waals surface area contributed by atoms with Crippen molar-refractivity contribution in [3.05, 3.63) is 35.4 Å². The van der Waals surface area contributed by atoms with E-state index in [1.807, 2.05) is 19.1 Å². The SMILES string of the molecule is CCCCC(=O)OC(=O)c1ccccc1CCCC. The molecule has 1 aromatic rings. The molecular formula is C16H22O3. The van der Waals surface area contributed by atoms with Gasteiger partial charge in [-0.25, -0.2) is 4.79 Å². The summed E-state index contributed by atoms with van der Waals surface area (Å²) in [6.07, 6.45) is 4.90. The number of unbranched alkanes of at least 4 members (excludes halogenated alkanes) is 2. The quantitative estimate of drug-likeness (QED) is 0.553. The fourth-order valence-corrected chi connectivity index (χ4v) is 1.84. The maximum Gasteiger partial charge on any atom is 0.346 e. The second-order valence-electron chi connectivity index (χ2n) is 4.63. The number of carbonyl (C=O) groups is 2. The van der Waals surface area contributed by atoms with E-state index in [-0.39, 0.29) is 0 Å². The fourth-order valence-electron chi connectivity index (χ4n) is 1.84. The van der Waals surface area contributed by atoms with Crippen LogP contribution < -0.4 is 0 Å². The second kappa shape index (κ2) is 8.46. The lowest BCUT2D eigenvalue weighted by Crippen LogP contribution is -2.14. The Kier molecular flexibility index (Phi) is 6.86. The first-order valence-electron chi connectivity index (χ1n) is 7.02. The molecule has 0 N–H and O–H groups in total. The molecule has 0 aromatic heterocycles. The zero-order valence-electron chi connectivity index (χ0n) is 11.8. The molecule has 0 heterocycles. The molecule has 0 unspecified atom stereocenters. The molecule has 3 nitrogen and oxygen atoms in total. The van der Waals surface area contributed by atoms with Crippen LogP contribution in [0.25, 0.3) is 0 Å². The molecule has 1 rings (SSSR count). The lowest BCUT2D eigenvalue weighted by molar-refractivity contribution is -0.138. The third kappa shape index (κ3) is 5.25. The van der Waals surface area contributed by atoms with Crippen LogP contribution in [-0.2, 0) is 16.0 Å². The Morgan fingerprint density at radius 1 is 1.05 bits per heavy atom. The van der Waals surface area contributed by atoms with Crippen molar-refractivity contribution in [2.45, 2.75) is 52.4 Å². The monoisotopic (exact) mass is 262 g/mol. The molecule has 0 atom stereocenters. The van der Waals surface area contributed by atoms with E-state index in [4.69, 9.17) is 4.74 Å². The Morgan fingerprint density at radius 3 is 2.42 bits per heavy atom. The highest BCUT2D eigenvalue weighted by Crippen LogP contribution is 2.14. The molecule has 0 radical (unpaired) electrons. The molecule has 0 fully saturated rings. The van der Waals surface area contributed by atoms with E-state index < -0.39 is 11.9 Å². The van der Waals surface area contributed by atoms with Gasteiger partial charge in [0.15, 0.2) is 0 Å². The van der Waals surface area contributed by atoms with E-state index in [0.29, 0.717) is 12.0 Å². The highest BCUT2D eigenvalue weighted by molar-refractivity contribution is 5.97. The van der Waals surface area contributed by atoms with Crippen molar-refractivity contribution in [1.82, 2.24) is 0 Å². The van der Waals surface area contributed by atoms with Crippen molar-refractivity contribution in [1.29, 1.82) is 0 Å². The number of carbonyl (C=O) groups excluding carboxylic acids is 2. The Balaban J connectivity index is 2.67. The topological polar surface area (TPSA) is 43.4 Å². The van der Waals surface area contributed by atoms with E-state index in [0.717, 1.165) is 37.7 Å². The number of esters is 2. The molecule has 0 aliphatic rings. The summed E-state index contributed by atoms with van der Waals surface area (Å²) in [5.41, 5.74) is 1.47. The van der Waals surface area contributed by atoms with Crippen LogP contribution in [0.15, 0.2) is 24.3 Å². The van der Waals surface area contributed by atoms with Gasteiger partial charge >= 0.3 is 11.9 Å². The highest BCUT2D eigenvalue weighted by atomic mass is 16.6. The summed E-state index contributed by atoms with van der Waals surface area (Å²) >= 11 is 0. The van der Waals surface area contributed by atoms with Crippen LogP contribution in [0.5, 0.6) is 0 Å². The van der Waals surface area contributed by atoms with E-state index in [9.17, 15) is 9.59 Å². The lowest BCUT2D eigenvalue weighted by atomic mass is 10.0. The summed E-state index contributed by atoms with van der Waals surface area (Å²) in [6.45, 7) is 4.10. The summed E-state index contributed by atoms with van der Waals surface area (Å²) < 4.78 is 4.88. The van der Waals surface area contributed by atoms with Crippen molar-refractivity contribution in [3.63, 3.8) is 0 Å². The molecule has 0 amide bonds. The predicted molar refractivity (Wildman–Crippen MR) is 75.0 cm³/mol. The molecule has 0 aliphatic heterocycles. The summed E-state index contributed by atoms with van der Waals surface area (Å²) in [4.78, 5) is 23.4. The molecule has 0 spiro atoms. The average Bonchev–Trinajstić information content (AvgIpc) is 2.43. The number of rotatable bonds is 7. The van der Waals surface area contributed by atoms with Crippen molar-refractivity contribution in [2.24, 2.45) is 0 Å². The van der Waals surface area contributed by atoms with Gasteiger partial charge in [-0.15, -0.1) is 0 Å². The third-order valence-electron chi connectivity index (χ3n) is 2.98. The van der Waals surface area contributed by atoms with Gasteiger partial charge in [-0.3, -0.25) is 4.79 Å². The van der Waals surface area contributed by atoms with Gasteiger partial charge in [-0.2, -0.15) is 0 Å². The van der Waals surface area contributed by atoms with Crippen LogP contribution in [0.4, 0.5) is 0 Å². The molecule has 0 saturated heterocycles. The minimum Gasteiger partial charge on any atom is -0.389 e. The molecular weight excluding hydrogens is 240 g/mol. The summed E-state index contributed by atoms with van der Waals surface area (Å²) in [5.74, 6) is -0.954. The van der Waals surface area contributed by atoms with Crippen molar-refractivity contribution in [3.8, 4) is 0 Å². The first-order chi connectivity index (χ1) is 9.19. The van der Waals surface area contributed by atoms with Gasteiger partial charge in [-0.1, -0.05) is 44.9 Å². The van der Waals surface area contributed by atoms with Gasteiger partial charge in [-0.05, 0) is 30.9 Å². The Morgan fingerprint density at radius 2 is 1.74 bits per heavy atom. The van der Waals surface area contributed by atoms with Crippen molar-refractivity contribution >= 4 is 11.9 Å². The zero-order valence-corrected chi connectivity index (χ0v) is 11.8. The number of benzene rings is 1. The summed E-state index contributed by atoms with van der Waals surface area (Å²) in [6, 6.07) is 7.34. The normalized spacial score (nSPS) is 10.2. The molecule has 19 heavy (non-hydrogen) atoms. The molecule has 104 valence electrons. The number of ether oxygens (including phenoxy) is 1. The van der Waals surface area contributed by atoms with Crippen LogP contribution in [0.3, 0.4) is 0 Å². The van der Waals surface area contributed by atoms with E-state index in [2.05, 4.69) is 6.92 Å². The van der Waals surface area contributed by atoms with Crippen LogP contribution in [0.1, 0.15) is 61.9 Å². The maximum absolute atomic E-state index is 12.0. The number of hydrogen-bond donors (Lipinski definition) is 0. The Bertz CT molecular complexity index is 424. The van der Waals surface area contributed by atoms with Crippen LogP contribution in [0, 0.1) is 0 Å². The zero-order chi connectivity index (χ0) is 14.1. The van der Waals surface area contributed by atoms with Crippen molar-refractivity contribution < 1.29 is 14.3 Å². The average molecular weight is 262 g/mol. The summed E-state index contributed by atoms with van der Waals surface area (Å²) in [5, 5.41) is 0. The maximum atomic E-state index is 12.0. The van der Waals surface area contributed by atoms with Gasteiger partial charge in [0.25, 0.3) is 0 Å². The highest BCUT2D eigenvalue weighted by Gasteiger charge is 2.15. The largest absolute Gasteiger partial charge is 0.389 e. The Hall–Kier alpha value is -1.64. The molecule has 0 bridgehead atoms. The third-order valence-corrected chi connectivity index (χ3v) is 2.98. The Labute approximate surface area is 115 Å². The number of hydrogen-bond acceptors (Lipinski definition) is 3. The van der Waals surface area contributed by atoms with Gasteiger partial charge in [0.2, 0.25) is 0 Å². The van der Waals surface area contributed by atoms with Gasteiger partial charge in [0.05, 0.1) is 5.56 Å². The van der Waals surface area contributed by atoms with Gasteiger partial charge in [0.1, 0.15) is 0 Å². The van der Waals surface area contributed by atoms with Crippen molar-refractivity contribution in [2.75, 3.05) is 0 Å².